The van der Waals surface area contributed by atoms with Gasteiger partial charge >= 0.3 is 0 Å². The average Bonchev–Trinajstić information content (AvgIpc) is 2.68. The molecule has 1 aliphatic rings. The van der Waals surface area contributed by atoms with Gasteiger partial charge in [-0.25, -0.2) is 0 Å². The van der Waals surface area contributed by atoms with Gasteiger partial charge in [-0.05, 0) is 62.1 Å². The van der Waals surface area contributed by atoms with Gasteiger partial charge in [0, 0.05) is 37.9 Å². The number of nitrogens with zero attached hydrogens (tertiary/aromatic N) is 3. The maximum atomic E-state index is 11.7. The third kappa shape index (κ3) is 4.05. The fourth-order valence-corrected chi connectivity index (χ4v) is 3.48. The summed E-state index contributed by atoms with van der Waals surface area (Å²) in [5, 5.41) is 9.38. The number of hydrogen-bond donors (Lipinski definition) is 0. The van der Waals surface area contributed by atoms with Gasteiger partial charge in [-0.2, -0.15) is 5.26 Å². The summed E-state index contributed by atoms with van der Waals surface area (Å²) in [5.41, 5.74) is 4.48. The quantitative estimate of drug-likeness (QED) is 0.753. The number of carbonyl (C=O) groups excluding carboxylic acids is 1. The minimum Gasteiger partial charge on any atom is -0.372 e. The largest absolute Gasteiger partial charge is 0.372 e. The molecule has 26 heavy (non-hydrogen) atoms. The van der Waals surface area contributed by atoms with Gasteiger partial charge < -0.3 is 9.80 Å². The van der Waals surface area contributed by atoms with Crippen LogP contribution in [0.3, 0.4) is 0 Å². The van der Waals surface area contributed by atoms with Crippen LogP contribution in [0, 0.1) is 11.3 Å². The Balaban J connectivity index is 1.75. The second-order valence-corrected chi connectivity index (χ2v) is 6.97. The van der Waals surface area contributed by atoms with E-state index < -0.39 is 0 Å². The smallest absolute Gasteiger partial charge is 0.159 e. The van der Waals surface area contributed by atoms with Crippen molar-refractivity contribution in [3.05, 3.63) is 59.2 Å². The van der Waals surface area contributed by atoms with Gasteiger partial charge in [-0.3, -0.25) is 4.79 Å². The number of anilines is 2. The van der Waals surface area contributed by atoms with Crippen LogP contribution in [-0.2, 0) is 6.54 Å². The van der Waals surface area contributed by atoms with E-state index >= 15 is 0 Å². The molecule has 4 heteroatoms. The van der Waals surface area contributed by atoms with Gasteiger partial charge in [0.2, 0.25) is 0 Å². The van der Waals surface area contributed by atoms with Crippen LogP contribution in [0.1, 0.15) is 47.7 Å². The van der Waals surface area contributed by atoms with Crippen LogP contribution in [0.5, 0.6) is 0 Å². The highest BCUT2D eigenvalue weighted by Crippen LogP contribution is 2.24. The molecule has 0 bridgehead atoms. The number of ketones is 1. The molecule has 1 saturated heterocycles. The van der Waals surface area contributed by atoms with Gasteiger partial charge in [-0.1, -0.05) is 12.1 Å². The van der Waals surface area contributed by atoms with Crippen LogP contribution >= 0.6 is 0 Å². The van der Waals surface area contributed by atoms with E-state index in [0.29, 0.717) is 17.7 Å². The maximum absolute atomic E-state index is 11.7. The van der Waals surface area contributed by atoms with Crippen LogP contribution in [0.4, 0.5) is 11.4 Å². The predicted molar refractivity (Wildman–Crippen MR) is 106 cm³/mol. The summed E-state index contributed by atoms with van der Waals surface area (Å²) < 4.78 is 0. The first-order valence-electron chi connectivity index (χ1n) is 9.18. The Labute approximate surface area is 155 Å². The molecule has 1 fully saturated rings. The van der Waals surface area contributed by atoms with Crippen LogP contribution in [-0.4, -0.2) is 25.9 Å². The van der Waals surface area contributed by atoms with Crippen molar-refractivity contribution in [3.8, 4) is 6.07 Å². The molecular formula is C22H25N3O. The maximum Gasteiger partial charge on any atom is 0.159 e. The molecule has 0 radical (unpaired) electrons. The second-order valence-electron chi connectivity index (χ2n) is 6.97. The van der Waals surface area contributed by atoms with Gasteiger partial charge in [0.15, 0.2) is 5.78 Å². The number of piperidine rings is 1. The van der Waals surface area contributed by atoms with Gasteiger partial charge in [0.05, 0.1) is 11.3 Å². The Kier molecular flexibility index (Phi) is 5.58. The highest BCUT2D eigenvalue weighted by molar-refractivity contribution is 5.95. The van der Waals surface area contributed by atoms with Crippen LogP contribution in [0.2, 0.25) is 0 Å². The van der Waals surface area contributed by atoms with E-state index in [4.69, 9.17) is 0 Å². The number of rotatable bonds is 5. The van der Waals surface area contributed by atoms with Crippen molar-refractivity contribution in [3.63, 3.8) is 0 Å². The monoisotopic (exact) mass is 347 g/mol. The third-order valence-corrected chi connectivity index (χ3v) is 5.01. The van der Waals surface area contributed by atoms with Crippen molar-refractivity contribution in [1.29, 1.82) is 5.26 Å². The van der Waals surface area contributed by atoms with Crippen molar-refractivity contribution in [2.75, 3.05) is 29.9 Å². The summed E-state index contributed by atoms with van der Waals surface area (Å²) in [5.74, 6) is 0.00928. The summed E-state index contributed by atoms with van der Waals surface area (Å²) in [7, 11) is 1.96. The van der Waals surface area contributed by atoms with Crippen molar-refractivity contribution in [2.24, 2.45) is 0 Å². The highest BCUT2D eigenvalue weighted by atomic mass is 16.1. The van der Waals surface area contributed by atoms with E-state index in [9.17, 15) is 10.1 Å². The zero-order valence-corrected chi connectivity index (χ0v) is 15.5. The molecule has 0 spiro atoms. The molecule has 0 amide bonds. The number of Topliss-reactive ketones (excluding diaryl/α,β-unsaturated/α-hetero) is 1. The van der Waals surface area contributed by atoms with E-state index in [1.54, 1.807) is 19.1 Å². The minimum atomic E-state index is 0.00928. The van der Waals surface area contributed by atoms with E-state index in [-0.39, 0.29) is 5.78 Å². The molecule has 0 N–H and O–H groups in total. The molecular weight excluding hydrogens is 322 g/mol. The molecule has 0 unspecified atom stereocenters. The van der Waals surface area contributed by atoms with E-state index in [2.05, 4.69) is 35.2 Å². The number of carbonyl (C=O) groups is 1. The fourth-order valence-electron chi connectivity index (χ4n) is 3.48. The zero-order chi connectivity index (χ0) is 18.5. The zero-order valence-electron chi connectivity index (χ0n) is 15.5. The Bertz CT molecular complexity index is 814. The molecule has 0 aromatic heterocycles. The molecule has 0 aliphatic carbocycles. The van der Waals surface area contributed by atoms with E-state index in [1.165, 1.54) is 30.5 Å². The molecule has 2 aromatic carbocycles. The summed E-state index contributed by atoms with van der Waals surface area (Å²) in [4.78, 5) is 16.1. The molecule has 0 atom stereocenters. The van der Waals surface area contributed by atoms with Crippen molar-refractivity contribution in [2.45, 2.75) is 32.7 Å². The van der Waals surface area contributed by atoms with E-state index in [1.807, 2.05) is 18.0 Å². The Morgan fingerprint density at radius 3 is 2.42 bits per heavy atom. The molecule has 134 valence electrons. The first-order chi connectivity index (χ1) is 12.6. The lowest BCUT2D eigenvalue weighted by atomic mass is 10.1. The van der Waals surface area contributed by atoms with E-state index in [0.717, 1.165) is 18.8 Å². The van der Waals surface area contributed by atoms with Crippen molar-refractivity contribution in [1.82, 2.24) is 0 Å². The van der Waals surface area contributed by atoms with Gasteiger partial charge in [0.25, 0.3) is 0 Å². The number of nitriles is 1. The highest BCUT2D eigenvalue weighted by Gasteiger charge is 2.13. The molecule has 4 nitrogen and oxygen atoms in total. The molecule has 1 heterocycles. The molecule has 3 rings (SSSR count). The summed E-state index contributed by atoms with van der Waals surface area (Å²) >= 11 is 0. The van der Waals surface area contributed by atoms with Crippen LogP contribution in [0.25, 0.3) is 0 Å². The summed E-state index contributed by atoms with van der Waals surface area (Å²) in [6.45, 7) is 4.52. The molecule has 1 aliphatic heterocycles. The number of hydrogen-bond acceptors (Lipinski definition) is 4. The van der Waals surface area contributed by atoms with Gasteiger partial charge in [-0.15, -0.1) is 0 Å². The standard InChI is InChI=1S/C22H25N3O/c1-17(26)19-8-9-20(15-23)22(14-19)24(2)16-18-6-10-21(11-7-18)25-12-4-3-5-13-25/h6-11,14H,3-5,12-13,16H2,1-2H3. The lowest BCUT2D eigenvalue weighted by molar-refractivity contribution is 0.101. The van der Waals surface area contributed by atoms with Crippen LogP contribution < -0.4 is 9.80 Å². The normalized spacial score (nSPS) is 14.0. The summed E-state index contributed by atoms with van der Waals surface area (Å²) in [6.07, 6.45) is 3.88. The first kappa shape index (κ1) is 18.0. The molecule has 2 aromatic rings. The van der Waals surface area contributed by atoms with Crippen molar-refractivity contribution >= 4 is 17.2 Å². The summed E-state index contributed by atoms with van der Waals surface area (Å²) in [6, 6.07) is 16.1. The Morgan fingerprint density at radius 2 is 1.81 bits per heavy atom. The molecule has 0 saturated carbocycles. The average molecular weight is 347 g/mol. The fraction of sp³-hybridized carbons (Fsp3) is 0.364. The Hall–Kier alpha value is -2.80. The lowest BCUT2D eigenvalue weighted by Gasteiger charge is -2.29. The first-order valence-corrected chi connectivity index (χ1v) is 9.18. The second kappa shape index (κ2) is 8.05. The lowest BCUT2D eigenvalue weighted by Crippen LogP contribution is -2.29. The minimum absolute atomic E-state index is 0.00928. The predicted octanol–water partition coefficient (Wildman–Crippen LogP) is 4.39. The number of benzene rings is 2. The van der Waals surface area contributed by atoms with Crippen LogP contribution in [0.15, 0.2) is 42.5 Å². The topological polar surface area (TPSA) is 47.3 Å². The third-order valence-electron chi connectivity index (χ3n) is 5.01. The SMILES string of the molecule is CC(=O)c1ccc(C#N)c(N(C)Cc2ccc(N3CCCCC3)cc2)c1. The van der Waals surface area contributed by atoms with Gasteiger partial charge in [0.1, 0.15) is 6.07 Å². The van der Waals surface area contributed by atoms with Crippen molar-refractivity contribution < 1.29 is 4.79 Å². The Morgan fingerprint density at radius 1 is 1.12 bits per heavy atom.